The summed E-state index contributed by atoms with van der Waals surface area (Å²) in [5.41, 5.74) is 0.776. The van der Waals surface area contributed by atoms with E-state index in [1.807, 2.05) is 0 Å². The van der Waals surface area contributed by atoms with Crippen LogP contribution in [0.5, 0.6) is 11.5 Å². The second-order valence-electron chi connectivity index (χ2n) is 5.52. The molecule has 0 bridgehead atoms. The predicted molar refractivity (Wildman–Crippen MR) is 108 cm³/mol. The number of benzene rings is 2. The molecule has 0 aromatic heterocycles. The number of halogens is 2. The fourth-order valence-electron chi connectivity index (χ4n) is 2.37. The highest BCUT2D eigenvalue weighted by molar-refractivity contribution is 8.18. The first-order chi connectivity index (χ1) is 13.4. The smallest absolute Gasteiger partial charge is 0.343 e. The molecular formula is C19H13Cl2NO5S. The second kappa shape index (κ2) is 8.68. The number of carbonyl (C=O) groups is 3. The van der Waals surface area contributed by atoms with Crippen LogP contribution in [-0.2, 0) is 4.79 Å². The highest BCUT2D eigenvalue weighted by atomic mass is 35.5. The van der Waals surface area contributed by atoms with Gasteiger partial charge in [-0.3, -0.25) is 14.9 Å². The average molecular weight is 438 g/mol. The van der Waals surface area contributed by atoms with Crippen molar-refractivity contribution in [2.75, 3.05) is 6.61 Å². The van der Waals surface area contributed by atoms with Gasteiger partial charge >= 0.3 is 5.97 Å². The topological polar surface area (TPSA) is 81.7 Å². The van der Waals surface area contributed by atoms with Crippen LogP contribution in [0.1, 0.15) is 22.8 Å². The van der Waals surface area contributed by atoms with Crippen molar-refractivity contribution >= 4 is 58.2 Å². The van der Waals surface area contributed by atoms with Crippen LogP contribution in [0.3, 0.4) is 0 Å². The van der Waals surface area contributed by atoms with Gasteiger partial charge in [0.15, 0.2) is 11.5 Å². The van der Waals surface area contributed by atoms with E-state index in [9.17, 15) is 14.4 Å². The van der Waals surface area contributed by atoms with E-state index in [2.05, 4.69) is 5.32 Å². The molecule has 1 heterocycles. The highest BCUT2D eigenvalue weighted by Gasteiger charge is 2.25. The molecule has 0 aliphatic carbocycles. The number of carbonyl (C=O) groups excluding carboxylic acids is 3. The molecule has 0 atom stereocenters. The Balaban J connectivity index is 1.93. The molecule has 9 heteroatoms. The van der Waals surface area contributed by atoms with Crippen molar-refractivity contribution in [3.8, 4) is 11.5 Å². The van der Waals surface area contributed by atoms with Crippen molar-refractivity contribution in [2.45, 2.75) is 6.92 Å². The minimum Gasteiger partial charge on any atom is -0.490 e. The maximum absolute atomic E-state index is 12.4. The maximum Gasteiger partial charge on any atom is 0.343 e. The summed E-state index contributed by atoms with van der Waals surface area (Å²) in [7, 11) is 0. The van der Waals surface area contributed by atoms with Gasteiger partial charge in [0, 0.05) is 5.02 Å². The maximum atomic E-state index is 12.4. The molecule has 2 aromatic rings. The van der Waals surface area contributed by atoms with Gasteiger partial charge in [0.05, 0.1) is 22.1 Å². The van der Waals surface area contributed by atoms with E-state index in [1.54, 1.807) is 31.2 Å². The van der Waals surface area contributed by atoms with E-state index in [0.29, 0.717) is 17.2 Å². The zero-order valence-electron chi connectivity index (χ0n) is 14.5. The monoisotopic (exact) mass is 437 g/mol. The Kier molecular flexibility index (Phi) is 6.28. The van der Waals surface area contributed by atoms with E-state index < -0.39 is 17.1 Å². The summed E-state index contributed by atoms with van der Waals surface area (Å²) in [5, 5.41) is 2.24. The Morgan fingerprint density at radius 2 is 2.00 bits per heavy atom. The number of esters is 1. The van der Waals surface area contributed by atoms with E-state index in [4.69, 9.17) is 32.7 Å². The van der Waals surface area contributed by atoms with Gasteiger partial charge < -0.3 is 9.47 Å². The molecule has 28 heavy (non-hydrogen) atoms. The average Bonchev–Trinajstić information content (AvgIpc) is 2.95. The number of thioether (sulfide) groups is 1. The Morgan fingerprint density at radius 1 is 1.21 bits per heavy atom. The van der Waals surface area contributed by atoms with Gasteiger partial charge in [0.25, 0.3) is 11.1 Å². The summed E-state index contributed by atoms with van der Waals surface area (Å²) in [4.78, 5) is 35.7. The summed E-state index contributed by atoms with van der Waals surface area (Å²) >= 11 is 13.0. The van der Waals surface area contributed by atoms with Gasteiger partial charge in [-0.1, -0.05) is 29.3 Å². The molecular weight excluding hydrogens is 425 g/mol. The van der Waals surface area contributed by atoms with Crippen LogP contribution < -0.4 is 14.8 Å². The molecule has 3 rings (SSSR count). The van der Waals surface area contributed by atoms with E-state index >= 15 is 0 Å². The molecule has 2 amide bonds. The number of rotatable bonds is 5. The van der Waals surface area contributed by atoms with Gasteiger partial charge in [-0.2, -0.15) is 0 Å². The van der Waals surface area contributed by atoms with Gasteiger partial charge in [-0.05, 0) is 60.7 Å². The van der Waals surface area contributed by atoms with Crippen LogP contribution in [0.2, 0.25) is 10.0 Å². The van der Waals surface area contributed by atoms with Crippen LogP contribution in [-0.4, -0.2) is 23.7 Å². The fourth-order valence-corrected chi connectivity index (χ4v) is 3.50. The van der Waals surface area contributed by atoms with Crippen molar-refractivity contribution in [3.63, 3.8) is 0 Å². The van der Waals surface area contributed by atoms with E-state index in [-0.39, 0.29) is 27.0 Å². The zero-order chi connectivity index (χ0) is 20.3. The third-order valence-corrected chi connectivity index (χ3v) is 4.85. The van der Waals surface area contributed by atoms with Crippen molar-refractivity contribution in [2.24, 2.45) is 0 Å². The molecule has 2 aromatic carbocycles. The molecule has 1 aliphatic heterocycles. The quantitative estimate of drug-likeness (QED) is 0.405. The lowest BCUT2D eigenvalue weighted by atomic mass is 10.1. The number of hydrogen-bond donors (Lipinski definition) is 1. The number of ether oxygens (including phenoxy) is 2. The first-order valence-corrected chi connectivity index (χ1v) is 9.63. The molecule has 144 valence electrons. The van der Waals surface area contributed by atoms with E-state index in [0.717, 1.165) is 11.8 Å². The largest absolute Gasteiger partial charge is 0.490 e. The van der Waals surface area contributed by atoms with E-state index in [1.165, 1.54) is 18.2 Å². The number of nitrogens with one attached hydrogen (secondary N) is 1. The molecule has 1 fully saturated rings. The fraction of sp³-hybridized carbons (Fsp3) is 0.105. The van der Waals surface area contributed by atoms with Crippen LogP contribution in [0.15, 0.2) is 41.3 Å². The van der Waals surface area contributed by atoms with Crippen LogP contribution in [0, 0.1) is 0 Å². The van der Waals surface area contributed by atoms with Crippen molar-refractivity contribution < 1.29 is 23.9 Å². The number of hydrogen-bond acceptors (Lipinski definition) is 6. The second-order valence-corrected chi connectivity index (χ2v) is 7.37. The van der Waals surface area contributed by atoms with Gasteiger partial charge in [0.1, 0.15) is 0 Å². The summed E-state index contributed by atoms with van der Waals surface area (Å²) in [6.45, 7) is 2.06. The lowest BCUT2D eigenvalue weighted by Gasteiger charge is -2.13. The van der Waals surface area contributed by atoms with Crippen LogP contribution >= 0.6 is 35.0 Å². The SMILES string of the molecule is CCOc1cc(/C=C2\SC(=O)NC2=O)cc(Cl)c1OC(=O)c1cccc(Cl)c1. The van der Waals surface area contributed by atoms with Crippen molar-refractivity contribution in [3.05, 3.63) is 62.5 Å². The Hall–Kier alpha value is -2.48. The first kappa shape index (κ1) is 20.3. The predicted octanol–water partition coefficient (Wildman–Crippen LogP) is 4.94. The standard InChI is InChI=1S/C19H13Cl2NO5S/c1-2-26-14-7-10(8-15-17(23)22-19(25)28-15)6-13(21)16(14)27-18(24)11-4-3-5-12(20)9-11/h3-9H,2H2,1H3,(H,22,23,25)/b15-8-. The Bertz CT molecular complexity index is 1010. The first-order valence-electron chi connectivity index (χ1n) is 8.06. The van der Waals surface area contributed by atoms with Crippen LogP contribution in [0.4, 0.5) is 4.79 Å². The van der Waals surface area contributed by atoms with Gasteiger partial charge in [0.2, 0.25) is 0 Å². The zero-order valence-corrected chi connectivity index (χ0v) is 16.8. The minimum absolute atomic E-state index is 0.0512. The van der Waals surface area contributed by atoms with Crippen molar-refractivity contribution in [1.29, 1.82) is 0 Å². The normalized spacial score (nSPS) is 14.9. The minimum atomic E-state index is -0.646. The number of amides is 2. The molecule has 1 N–H and O–H groups in total. The highest BCUT2D eigenvalue weighted by Crippen LogP contribution is 2.38. The number of imide groups is 1. The molecule has 1 saturated heterocycles. The molecule has 1 aliphatic rings. The lowest BCUT2D eigenvalue weighted by molar-refractivity contribution is -0.115. The molecule has 0 saturated carbocycles. The Labute approximate surface area is 174 Å². The molecule has 0 spiro atoms. The molecule has 6 nitrogen and oxygen atoms in total. The van der Waals surface area contributed by atoms with Crippen LogP contribution in [0.25, 0.3) is 6.08 Å². The van der Waals surface area contributed by atoms with Gasteiger partial charge in [-0.15, -0.1) is 0 Å². The summed E-state index contributed by atoms with van der Waals surface area (Å²) in [5.74, 6) is -0.851. The summed E-state index contributed by atoms with van der Waals surface area (Å²) < 4.78 is 11.0. The third kappa shape index (κ3) is 4.67. The Morgan fingerprint density at radius 3 is 2.64 bits per heavy atom. The summed E-state index contributed by atoms with van der Waals surface area (Å²) in [6.07, 6.45) is 1.50. The molecule has 0 unspecified atom stereocenters. The lowest BCUT2D eigenvalue weighted by Crippen LogP contribution is -2.17. The third-order valence-electron chi connectivity index (χ3n) is 3.53. The summed E-state index contributed by atoms with van der Waals surface area (Å²) in [6, 6.07) is 9.39. The van der Waals surface area contributed by atoms with Gasteiger partial charge in [-0.25, -0.2) is 4.79 Å². The molecule has 0 radical (unpaired) electrons. The van der Waals surface area contributed by atoms with Crippen molar-refractivity contribution in [1.82, 2.24) is 5.32 Å².